The van der Waals surface area contributed by atoms with Gasteiger partial charge in [0.05, 0.1) is 12.7 Å². The van der Waals surface area contributed by atoms with Crippen molar-refractivity contribution in [2.45, 2.75) is 30.8 Å². The molecule has 1 unspecified atom stereocenters. The molecule has 21 heavy (non-hydrogen) atoms. The molecular weight excluding hydrogens is 310 g/mol. The summed E-state index contributed by atoms with van der Waals surface area (Å²) in [6, 6.07) is 5.08. The first-order chi connectivity index (χ1) is 9.75. The SMILES string of the molecule is CCc1ccc(OC)c(S(=O)(=O)NCC(C)(O)CSC)c1. The molecule has 0 aliphatic heterocycles. The van der Waals surface area contributed by atoms with Crippen LogP contribution in [0.25, 0.3) is 0 Å². The Morgan fingerprint density at radius 3 is 2.62 bits per heavy atom. The third-order valence-electron chi connectivity index (χ3n) is 3.02. The number of hydrogen-bond acceptors (Lipinski definition) is 5. The summed E-state index contributed by atoms with van der Waals surface area (Å²) < 4.78 is 32.4. The Balaban J connectivity index is 3.02. The van der Waals surface area contributed by atoms with E-state index in [4.69, 9.17) is 4.74 Å². The molecule has 120 valence electrons. The molecule has 0 spiro atoms. The average Bonchev–Trinajstić information content (AvgIpc) is 2.44. The zero-order valence-electron chi connectivity index (χ0n) is 12.8. The van der Waals surface area contributed by atoms with Gasteiger partial charge in [-0.15, -0.1) is 0 Å². The smallest absolute Gasteiger partial charge is 0.244 e. The van der Waals surface area contributed by atoms with Crippen LogP contribution in [0.15, 0.2) is 23.1 Å². The second-order valence-electron chi connectivity index (χ2n) is 5.09. The molecule has 0 amide bonds. The summed E-state index contributed by atoms with van der Waals surface area (Å²) in [5, 5.41) is 10.1. The molecule has 5 nitrogen and oxygen atoms in total. The van der Waals surface area contributed by atoms with E-state index in [2.05, 4.69) is 4.72 Å². The van der Waals surface area contributed by atoms with Crippen molar-refractivity contribution in [3.8, 4) is 5.75 Å². The fraction of sp³-hybridized carbons (Fsp3) is 0.571. The van der Waals surface area contributed by atoms with Crippen LogP contribution < -0.4 is 9.46 Å². The van der Waals surface area contributed by atoms with E-state index in [1.165, 1.54) is 18.9 Å². The molecule has 7 heteroatoms. The lowest BCUT2D eigenvalue weighted by Gasteiger charge is -2.22. The summed E-state index contributed by atoms with van der Waals surface area (Å²) in [6.07, 6.45) is 2.59. The summed E-state index contributed by atoms with van der Waals surface area (Å²) >= 11 is 1.46. The van der Waals surface area contributed by atoms with Gasteiger partial charge >= 0.3 is 0 Å². The van der Waals surface area contributed by atoms with Gasteiger partial charge in [-0.3, -0.25) is 0 Å². The molecular formula is C14H23NO4S2. The van der Waals surface area contributed by atoms with E-state index >= 15 is 0 Å². The summed E-state index contributed by atoms with van der Waals surface area (Å²) in [5.41, 5.74) is -0.186. The quantitative estimate of drug-likeness (QED) is 0.756. The van der Waals surface area contributed by atoms with Crippen LogP contribution >= 0.6 is 11.8 Å². The van der Waals surface area contributed by atoms with Crippen LogP contribution in [0.2, 0.25) is 0 Å². The number of ether oxygens (including phenoxy) is 1. The third-order valence-corrected chi connectivity index (χ3v) is 5.36. The molecule has 1 aromatic rings. The lowest BCUT2D eigenvalue weighted by molar-refractivity contribution is 0.0908. The Bertz CT molecular complexity index is 570. The topological polar surface area (TPSA) is 75.6 Å². The molecule has 0 bridgehead atoms. The van der Waals surface area contributed by atoms with E-state index < -0.39 is 15.6 Å². The summed E-state index contributed by atoms with van der Waals surface area (Å²) in [7, 11) is -2.30. The second-order valence-corrected chi connectivity index (χ2v) is 7.69. The predicted octanol–water partition coefficient (Wildman–Crippen LogP) is 1.65. The maximum Gasteiger partial charge on any atom is 0.244 e. The number of aliphatic hydroxyl groups is 1. The maximum absolute atomic E-state index is 12.4. The van der Waals surface area contributed by atoms with Crippen molar-refractivity contribution >= 4 is 21.8 Å². The Labute approximate surface area is 131 Å². The number of nitrogens with one attached hydrogen (secondary N) is 1. The van der Waals surface area contributed by atoms with Crippen molar-refractivity contribution in [1.29, 1.82) is 0 Å². The van der Waals surface area contributed by atoms with Gasteiger partial charge in [-0.2, -0.15) is 11.8 Å². The van der Waals surface area contributed by atoms with Crippen molar-refractivity contribution < 1.29 is 18.3 Å². The van der Waals surface area contributed by atoms with Crippen molar-refractivity contribution in [3.63, 3.8) is 0 Å². The largest absolute Gasteiger partial charge is 0.495 e. The second kappa shape index (κ2) is 7.49. The predicted molar refractivity (Wildman–Crippen MR) is 86.6 cm³/mol. The van der Waals surface area contributed by atoms with Crippen molar-refractivity contribution in [2.75, 3.05) is 25.7 Å². The van der Waals surface area contributed by atoms with Crippen LogP contribution in [-0.2, 0) is 16.4 Å². The van der Waals surface area contributed by atoms with E-state index in [0.29, 0.717) is 11.5 Å². The summed E-state index contributed by atoms with van der Waals surface area (Å²) in [5.74, 6) is 0.742. The molecule has 0 saturated heterocycles. The van der Waals surface area contributed by atoms with Gasteiger partial charge in [-0.25, -0.2) is 13.1 Å². The van der Waals surface area contributed by atoms with Gasteiger partial charge in [-0.05, 0) is 37.3 Å². The van der Waals surface area contributed by atoms with Gasteiger partial charge in [0.25, 0.3) is 0 Å². The fourth-order valence-corrected chi connectivity index (χ4v) is 3.94. The van der Waals surface area contributed by atoms with Crippen LogP contribution in [0.3, 0.4) is 0 Å². The molecule has 1 atom stereocenters. The summed E-state index contributed by atoms with van der Waals surface area (Å²) in [6.45, 7) is 3.51. The van der Waals surface area contributed by atoms with Gasteiger partial charge in [0.15, 0.2) is 0 Å². The van der Waals surface area contributed by atoms with Crippen LogP contribution in [0.4, 0.5) is 0 Å². The molecule has 0 radical (unpaired) electrons. The molecule has 1 rings (SSSR count). The zero-order valence-corrected chi connectivity index (χ0v) is 14.5. The number of thioether (sulfide) groups is 1. The first-order valence-electron chi connectivity index (χ1n) is 6.63. The highest BCUT2D eigenvalue weighted by atomic mass is 32.2. The molecule has 1 aromatic carbocycles. The minimum Gasteiger partial charge on any atom is -0.495 e. The average molecular weight is 333 g/mol. The lowest BCUT2D eigenvalue weighted by atomic mass is 10.1. The minimum atomic E-state index is -3.73. The molecule has 0 aromatic heterocycles. The van der Waals surface area contributed by atoms with Gasteiger partial charge in [0.2, 0.25) is 10.0 Å². The van der Waals surface area contributed by atoms with Gasteiger partial charge in [-0.1, -0.05) is 13.0 Å². The van der Waals surface area contributed by atoms with Crippen LogP contribution in [-0.4, -0.2) is 44.8 Å². The van der Waals surface area contributed by atoms with E-state index in [1.807, 2.05) is 19.2 Å². The molecule has 0 fully saturated rings. The van der Waals surface area contributed by atoms with Crippen molar-refractivity contribution in [1.82, 2.24) is 4.72 Å². The Kier molecular flexibility index (Phi) is 6.52. The standard InChI is InChI=1S/C14H23NO4S2/c1-5-11-6-7-12(19-3)13(8-11)21(17,18)15-9-14(2,16)10-20-4/h6-8,15-16H,5,9-10H2,1-4H3. The van der Waals surface area contributed by atoms with E-state index in [0.717, 1.165) is 12.0 Å². The monoisotopic (exact) mass is 333 g/mol. The van der Waals surface area contributed by atoms with E-state index in [9.17, 15) is 13.5 Å². The van der Waals surface area contributed by atoms with Crippen molar-refractivity contribution in [2.24, 2.45) is 0 Å². The number of methoxy groups -OCH3 is 1. The highest BCUT2D eigenvalue weighted by molar-refractivity contribution is 7.98. The number of aryl methyl sites for hydroxylation is 1. The fourth-order valence-electron chi connectivity index (χ4n) is 1.84. The van der Waals surface area contributed by atoms with Crippen molar-refractivity contribution in [3.05, 3.63) is 23.8 Å². The molecule has 0 aliphatic rings. The Hall–Kier alpha value is -0.760. The van der Waals surface area contributed by atoms with Gasteiger partial charge < -0.3 is 9.84 Å². The van der Waals surface area contributed by atoms with Crippen LogP contribution in [0.1, 0.15) is 19.4 Å². The lowest BCUT2D eigenvalue weighted by Crippen LogP contribution is -2.42. The summed E-state index contributed by atoms with van der Waals surface area (Å²) in [4.78, 5) is 0.101. The van der Waals surface area contributed by atoms with Gasteiger partial charge in [0.1, 0.15) is 10.6 Å². The first-order valence-corrected chi connectivity index (χ1v) is 9.51. The Morgan fingerprint density at radius 1 is 1.43 bits per heavy atom. The highest BCUT2D eigenvalue weighted by Gasteiger charge is 2.25. The minimum absolute atomic E-state index is 0.0460. The molecule has 0 aliphatic carbocycles. The number of benzene rings is 1. The highest BCUT2D eigenvalue weighted by Crippen LogP contribution is 2.25. The number of sulfonamides is 1. The zero-order chi connectivity index (χ0) is 16.1. The van der Waals surface area contributed by atoms with Gasteiger partial charge in [0, 0.05) is 12.3 Å². The number of rotatable bonds is 8. The first kappa shape index (κ1) is 18.3. The normalized spacial score (nSPS) is 14.7. The molecule has 0 saturated carbocycles. The Morgan fingerprint density at radius 2 is 2.10 bits per heavy atom. The maximum atomic E-state index is 12.4. The van der Waals surface area contributed by atoms with Crippen LogP contribution in [0, 0.1) is 0 Å². The molecule has 0 heterocycles. The van der Waals surface area contributed by atoms with Crippen LogP contribution in [0.5, 0.6) is 5.75 Å². The number of hydrogen-bond donors (Lipinski definition) is 2. The third kappa shape index (κ3) is 5.18. The van der Waals surface area contributed by atoms with E-state index in [1.54, 1.807) is 19.1 Å². The van der Waals surface area contributed by atoms with E-state index in [-0.39, 0.29) is 11.4 Å². The molecule has 2 N–H and O–H groups in total.